The maximum atomic E-state index is 11.7. The zero-order chi connectivity index (χ0) is 15.2. The molecule has 1 aliphatic rings. The molecule has 1 amide bonds. The van der Waals surface area contributed by atoms with Crippen molar-refractivity contribution in [2.75, 3.05) is 32.8 Å². The average Bonchev–Trinajstić information content (AvgIpc) is 2.50. The molecule has 2 rings (SSSR count). The molecule has 0 unspecified atom stereocenters. The minimum absolute atomic E-state index is 0.194. The zero-order valence-corrected chi connectivity index (χ0v) is 13.0. The van der Waals surface area contributed by atoms with Gasteiger partial charge in [0.05, 0.1) is 6.61 Å². The van der Waals surface area contributed by atoms with Crippen LogP contribution < -0.4 is 5.73 Å². The summed E-state index contributed by atoms with van der Waals surface area (Å²) in [6.45, 7) is 9.15. The number of aryl methyl sites for hydroxylation is 1. The van der Waals surface area contributed by atoms with E-state index in [1.54, 1.807) is 4.90 Å². The van der Waals surface area contributed by atoms with Crippen molar-refractivity contribution in [3.8, 4) is 0 Å². The van der Waals surface area contributed by atoms with Gasteiger partial charge in [0.1, 0.15) is 0 Å². The highest BCUT2D eigenvalue weighted by atomic mass is 16.6. The fraction of sp³-hybridized carbons (Fsp3) is 0.562. The topological polar surface area (TPSA) is 58.8 Å². The van der Waals surface area contributed by atoms with E-state index in [1.807, 2.05) is 6.92 Å². The van der Waals surface area contributed by atoms with Crippen molar-refractivity contribution in [3.05, 3.63) is 34.9 Å². The van der Waals surface area contributed by atoms with Gasteiger partial charge in [-0.25, -0.2) is 4.79 Å². The van der Waals surface area contributed by atoms with Crippen LogP contribution in [-0.4, -0.2) is 48.7 Å². The Labute approximate surface area is 126 Å². The van der Waals surface area contributed by atoms with Gasteiger partial charge < -0.3 is 15.4 Å². The van der Waals surface area contributed by atoms with Gasteiger partial charge in [-0.2, -0.15) is 0 Å². The summed E-state index contributed by atoms with van der Waals surface area (Å²) < 4.78 is 5.04. The zero-order valence-electron chi connectivity index (χ0n) is 13.0. The lowest BCUT2D eigenvalue weighted by Crippen LogP contribution is -2.48. The highest BCUT2D eigenvalue weighted by Gasteiger charge is 2.22. The predicted molar refractivity (Wildman–Crippen MR) is 82.9 cm³/mol. The molecule has 5 heteroatoms. The molecule has 1 heterocycles. The first kappa shape index (κ1) is 15.8. The summed E-state index contributed by atoms with van der Waals surface area (Å²) in [6, 6.07) is 6.41. The Morgan fingerprint density at radius 2 is 2.00 bits per heavy atom. The molecule has 1 aliphatic heterocycles. The first-order valence-electron chi connectivity index (χ1n) is 7.56. The van der Waals surface area contributed by atoms with Crippen molar-refractivity contribution in [2.24, 2.45) is 5.73 Å². The summed E-state index contributed by atoms with van der Waals surface area (Å²) in [6.07, 6.45) is -0.194. The monoisotopic (exact) mass is 291 g/mol. The fourth-order valence-corrected chi connectivity index (χ4v) is 2.61. The normalized spacial score (nSPS) is 16.0. The second-order valence-electron chi connectivity index (χ2n) is 5.43. The first-order chi connectivity index (χ1) is 10.1. The van der Waals surface area contributed by atoms with Crippen LogP contribution in [0.4, 0.5) is 4.79 Å². The summed E-state index contributed by atoms with van der Waals surface area (Å²) in [5.41, 5.74) is 9.44. The Kier molecular flexibility index (Phi) is 5.59. The molecular weight excluding hydrogens is 266 g/mol. The average molecular weight is 291 g/mol. The van der Waals surface area contributed by atoms with Crippen LogP contribution in [0, 0.1) is 6.92 Å². The van der Waals surface area contributed by atoms with Crippen molar-refractivity contribution < 1.29 is 9.53 Å². The van der Waals surface area contributed by atoms with E-state index in [4.69, 9.17) is 10.5 Å². The number of hydrogen-bond donors (Lipinski definition) is 1. The minimum atomic E-state index is -0.194. The third-order valence-electron chi connectivity index (χ3n) is 3.93. The summed E-state index contributed by atoms with van der Waals surface area (Å²) in [4.78, 5) is 15.8. The number of benzene rings is 1. The van der Waals surface area contributed by atoms with Crippen molar-refractivity contribution in [2.45, 2.75) is 26.9 Å². The van der Waals surface area contributed by atoms with E-state index in [0.29, 0.717) is 13.2 Å². The van der Waals surface area contributed by atoms with Crippen LogP contribution in [0.25, 0.3) is 0 Å². The highest BCUT2D eigenvalue weighted by molar-refractivity contribution is 5.67. The van der Waals surface area contributed by atoms with Gasteiger partial charge in [0, 0.05) is 39.3 Å². The van der Waals surface area contributed by atoms with Crippen molar-refractivity contribution in [1.82, 2.24) is 9.80 Å². The van der Waals surface area contributed by atoms with Crippen LogP contribution in [0.15, 0.2) is 18.2 Å². The smallest absolute Gasteiger partial charge is 0.409 e. The molecule has 0 radical (unpaired) electrons. The summed E-state index contributed by atoms with van der Waals surface area (Å²) in [7, 11) is 0. The van der Waals surface area contributed by atoms with Crippen molar-refractivity contribution >= 4 is 6.09 Å². The Morgan fingerprint density at radius 1 is 1.29 bits per heavy atom. The maximum Gasteiger partial charge on any atom is 0.409 e. The molecule has 0 aliphatic carbocycles. The van der Waals surface area contributed by atoms with E-state index < -0.39 is 0 Å². The van der Waals surface area contributed by atoms with Gasteiger partial charge in [-0.05, 0) is 30.5 Å². The second-order valence-corrected chi connectivity index (χ2v) is 5.43. The van der Waals surface area contributed by atoms with Crippen LogP contribution in [-0.2, 0) is 17.8 Å². The van der Waals surface area contributed by atoms with E-state index in [-0.39, 0.29) is 6.09 Å². The fourth-order valence-electron chi connectivity index (χ4n) is 2.61. The molecule has 1 aromatic rings. The Morgan fingerprint density at radius 3 is 2.57 bits per heavy atom. The molecule has 116 valence electrons. The van der Waals surface area contributed by atoms with Gasteiger partial charge in [0.2, 0.25) is 0 Å². The lowest BCUT2D eigenvalue weighted by atomic mass is 10.0. The highest BCUT2D eigenvalue weighted by Crippen LogP contribution is 2.15. The van der Waals surface area contributed by atoms with E-state index in [1.165, 1.54) is 16.7 Å². The molecule has 0 atom stereocenters. The van der Waals surface area contributed by atoms with Gasteiger partial charge in [0.25, 0.3) is 0 Å². The predicted octanol–water partition coefficient (Wildman–Crippen LogP) is 1.73. The van der Waals surface area contributed by atoms with Crippen LogP contribution >= 0.6 is 0 Å². The van der Waals surface area contributed by atoms with E-state index in [2.05, 4.69) is 30.0 Å². The molecule has 0 saturated carbocycles. The van der Waals surface area contributed by atoms with Gasteiger partial charge in [-0.3, -0.25) is 4.90 Å². The first-order valence-corrected chi connectivity index (χ1v) is 7.56. The molecule has 0 aromatic heterocycles. The molecule has 21 heavy (non-hydrogen) atoms. The van der Waals surface area contributed by atoms with Crippen LogP contribution in [0.5, 0.6) is 0 Å². The lowest BCUT2D eigenvalue weighted by molar-refractivity contribution is 0.0778. The summed E-state index contributed by atoms with van der Waals surface area (Å²) in [5.74, 6) is 0. The minimum Gasteiger partial charge on any atom is -0.450 e. The maximum absolute atomic E-state index is 11.7. The second kappa shape index (κ2) is 7.43. The lowest BCUT2D eigenvalue weighted by Gasteiger charge is -2.34. The molecule has 5 nitrogen and oxygen atoms in total. The van der Waals surface area contributed by atoms with Crippen LogP contribution in [0.3, 0.4) is 0 Å². The standard InChI is InChI=1S/C16H25N3O2/c1-3-21-16(20)19-8-6-18(7-9-19)12-15-5-4-14(11-17)10-13(15)2/h4-5,10H,3,6-9,11-12,17H2,1-2H3. The quantitative estimate of drug-likeness (QED) is 0.918. The summed E-state index contributed by atoms with van der Waals surface area (Å²) in [5, 5.41) is 0. The molecule has 0 spiro atoms. The van der Waals surface area contributed by atoms with Crippen LogP contribution in [0.1, 0.15) is 23.6 Å². The number of amides is 1. The Balaban J connectivity index is 1.87. The Hall–Kier alpha value is -1.59. The SMILES string of the molecule is CCOC(=O)N1CCN(Cc2ccc(CN)cc2C)CC1. The number of carbonyl (C=O) groups excluding carboxylic acids is 1. The molecule has 2 N–H and O–H groups in total. The number of nitrogens with zero attached hydrogens (tertiary/aromatic N) is 2. The molecule has 1 aromatic carbocycles. The molecule has 0 bridgehead atoms. The number of rotatable bonds is 4. The molecule has 1 fully saturated rings. The van der Waals surface area contributed by atoms with E-state index in [0.717, 1.165) is 32.7 Å². The third-order valence-corrected chi connectivity index (χ3v) is 3.93. The number of carbonyl (C=O) groups is 1. The van der Waals surface area contributed by atoms with Crippen LogP contribution in [0.2, 0.25) is 0 Å². The largest absolute Gasteiger partial charge is 0.450 e. The Bertz CT molecular complexity index is 482. The number of ether oxygens (including phenoxy) is 1. The van der Waals surface area contributed by atoms with Gasteiger partial charge in [0.15, 0.2) is 0 Å². The van der Waals surface area contributed by atoms with Crippen molar-refractivity contribution in [3.63, 3.8) is 0 Å². The van der Waals surface area contributed by atoms with Crippen molar-refractivity contribution in [1.29, 1.82) is 0 Å². The van der Waals surface area contributed by atoms with Gasteiger partial charge in [-0.15, -0.1) is 0 Å². The molecule has 1 saturated heterocycles. The van der Waals surface area contributed by atoms with Gasteiger partial charge in [-0.1, -0.05) is 18.2 Å². The number of hydrogen-bond acceptors (Lipinski definition) is 4. The number of nitrogens with two attached hydrogens (primary N) is 1. The van der Waals surface area contributed by atoms with Gasteiger partial charge >= 0.3 is 6.09 Å². The third kappa shape index (κ3) is 4.19. The number of piperazine rings is 1. The van der Waals surface area contributed by atoms with E-state index in [9.17, 15) is 4.79 Å². The van der Waals surface area contributed by atoms with E-state index >= 15 is 0 Å². The summed E-state index contributed by atoms with van der Waals surface area (Å²) >= 11 is 0. The molecular formula is C16H25N3O2.